The SMILES string of the molecule is Cc1cccc([N+](=O)[O-])c1C(=O)N1CCC2(CCNCC2)C1. The van der Waals surface area contributed by atoms with Crippen LogP contribution in [-0.4, -0.2) is 41.9 Å². The van der Waals surface area contributed by atoms with Crippen LogP contribution in [0.25, 0.3) is 0 Å². The molecule has 0 unspecified atom stereocenters. The molecule has 0 saturated carbocycles. The molecule has 2 saturated heterocycles. The van der Waals surface area contributed by atoms with Crippen LogP contribution in [0.5, 0.6) is 0 Å². The first-order valence-corrected chi connectivity index (χ1v) is 7.76. The number of nitrogens with one attached hydrogen (secondary N) is 1. The van der Waals surface area contributed by atoms with Gasteiger partial charge in [-0.1, -0.05) is 12.1 Å². The Bertz CT molecular complexity index is 609. The Morgan fingerprint density at radius 3 is 2.73 bits per heavy atom. The highest BCUT2D eigenvalue weighted by atomic mass is 16.6. The van der Waals surface area contributed by atoms with Gasteiger partial charge >= 0.3 is 0 Å². The Labute approximate surface area is 129 Å². The number of aryl methyl sites for hydroxylation is 1. The lowest BCUT2D eigenvalue weighted by Crippen LogP contribution is -2.40. The zero-order valence-corrected chi connectivity index (χ0v) is 12.8. The summed E-state index contributed by atoms with van der Waals surface area (Å²) in [5.41, 5.74) is 1.04. The summed E-state index contributed by atoms with van der Waals surface area (Å²) in [6.07, 6.45) is 3.15. The molecule has 22 heavy (non-hydrogen) atoms. The molecule has 2 heterocycles. The van der Waals surface area contributed by atoms with Gasteiger partial charge in [0, 0.05) is 19.2 Å². The zero-order valence-electron chi connectivity index (χ0n) is 12.8. The Hall–Kier alpha value is -1.95. The van der Waals surface area contributed by atoms with Gasteiger partial charge in [0.15, 0.2) is 0 Å². The number of rotatable bonds is 2. The van der Waals surface area contributed by atoms with E-state index in [0.717, 1.165) is 38.9 Å². The van der Waals surface area contributed by atoms with Crippen molar-refractivity contribution in [3.63, 3.8) is 0 Å². The average molecular weight is 303 g/mol. The molecule has 0 aliphatic carbocycles. The Morgan fingerprint density at radius 1 is 1.32 bits per heavy atom. The van der Waals surface area contributed by atoms with E-state index in [1.165, 1.54) is 6.07 Å². The molecule has 6 heteroatoms. The number of hydrogen-bond donors (Lipinski definition) is 1. The summed E-state index contributed by atoms with van der Waals surface area (Å²) in [4.78, 5) is 25.4. The van der Waals surface area contributed by atoms with Crippen LogP contribution >= 0.6 is 0 Å². The largest absolute Gasteiger partial charge is 0.338 e. The van der Waals surface area contributed by atoms with Crippen LogP contribution in [0.15, 0.2) is 18.2 Å². The van der Waals surface area contributed by atoms with E-state index in [9.17, 15) is 14.9 Å². The molecule has 6 nitrogen and oxygen atoms in total. The van der Waals surface area contributed by atoms with Crippen molar-refractivity contribution in [2.45, 2.75) is 26.2 Å². The maximum atomic E-state index is 12.8. The molecule has 1 amide bonds. The van der Waals surface area contributed by atoms with Crippen molar-refractivity contribution in [3.8, 4) is 0 Å². The predicted molar refractivity (Wildman–Crippen MR) is 82.9 cm³/mol. The van der Waals surface area contributed by atoms with E-state index in [-0.39, 0.29) is 22.6 Å². The van der Waals surface area contributed by atoms with E-state index < -0.39 is 4.92 Å². The molecule has 2 aliphatic rings. The second kappa shape index (κ2) is 5.68. The monoisotopic (exact) mass is 303 g/mol. The fourth-order valence-corrected chi connectivity index (χ4v) is 3.71. The minimum atomic E-state index is -0.462. The number of amides is 1. The molecule has 1 aromatic carbocycles. The molecule has 1 spiro atoms. The summed E-state index contributed by atoms with van der Waals surface area (Å²) in [6.45, 7) is 5.17. The van der Waals surface area contributed by atoms with Gasteiger partial charge < -0.3 is 10.2 Å². The van der Waals surface area contributed by atoms with Gasteiger partial charge in [0.05, 0.1) is 4.92 Å². The number of benzene rings is 1. The lowest BCUT2D eigenvalue weighted by molar-refractivity contribution is -0.385. The number of carbonyl (C=O) groups is 1. The lowest BCUT2D eigenvalue weighted by atomic mass is 9.78. The van der Waals surface area contributed by atoms with Crippen molar-refractivity contribution in [2.75, 3.05) is 26.2 Å². The molecule has 0 aromatic heterocycles. The Morgan fingerprint density at radius 2 is 2.05 bits per heavy atom. The van der Waals surface area contributed by atoms with E-state index in [2.05, 4.69) is 5.32 Å². The first-order chi connectivity index (χ1) is 10.5. The zero-order chi connectivity index (χ0) is 15.7. The predicted octanol–water partition coefficient (Wildman–Crippen LogP) is 2.12. The number of hydrogen-bond acceptors (Lipinski definition) is 4. The van der Waals surface area contributed by atoms with Crippen LogP contribution in [0.1, 0.15) is 35.2 Å². The van der Waals surface area contributed by atoms with Gasteiger partial charge in [0.1, 0.15) is 5.56 Å². The van der Waals surface area contributed by atoms with Gasteiger partial charge in [-0.25, -0.2) is 0 Å². The number of carbonyl (C=O) groups excluding carboxylic acids is 1. The molecule has 2 fully saturated rings. The molecular formula is C16H21N3O3. The maximum absolute atomic E-state index is 12.8. The van der Waals surface area contributed by atoms with Crippen molar-refractivity contribution in [3.05, 3.63) is 39.4 Å². The summed E-state index contributed by atoms with van der Waals surface area (Å²) in [7, 11) is 0. The third-order valence-corrected chi connectivity index (χ3v) is 5.05. The minimum absolute atomic E-state index is 0.0868. The van der Waals surface area contributed by atoms with Crippen LogP contribution in [-0.2, 0) is 0 Å². The van der Waals surface area contributed by atoms with Gasteiger partial charge in [-0.15, -0.1) is 0 Å². The summed E-state index contributed by atoms with van der Waals surface area (Å²) in [6, 6.07) is 4.80. The van der Waals surface area contributed by atoms with Crippen molar-refractivity contribution < 1.29 is 9.72 Å². The molecule has 118 valence electrons. The third kappa shape index (κ3) is 2.59. The second-order valence-electron chi connectivity index (χ2n) is 6.45. The fraction of sp³-hybridized carbons (Fsp3) is 0.562. The first-order valence-electron chi connectivity index (χ1n) is 7.76. The first kappa shape index (κ1) is 15.0. The Kier molecular flexibility index (Phi) is 3.87. The van der Waals surface area contributed by atoms with Gasteiger partial charge in [-0.05, 0) is 50.3 Å². The molecule has 0 bridgehead atoms. The Balaban J connectivity index is 1.85. The van der Waals surface area contributed by atoms with Gasteiger partial charge in [0.25, 0.3) is 11.6 Å². The van der Waals surface area contributed by atoms with E-state index in [4.69, 9.17) is 0 Å². The van der Waals surface area contributed by atoms with E-state index in [1.807, 2.05) is 0 Å². The maximum Gasteiger partial charge on any atom is 0.282 e. The standard InChI is InChI=1S/C16H21N3O3/c1-12-3-2-4-13(19(21)22)14(12)15(20)18-10-7-16(11-18)5-8-17-9-6-16/h2-4,17H,5-11H2,1H3. The van der Waals surface area contributed by atoms with Crippen molar-refractivity contribution in [1.82, 2.24) is 10.2 Å². The van der Waals surface area contributed by atoms with Crippen molar-refractivity contribution in [2.24, 2.45) is 5.41 Å². The van der Waals surface area contributed by atoms with Crippen LogP contribution < -0.4 is 5.32 Å². The van der Waals surface area contributed by atoms with Crippen molar-refractivity contribution in [1.29, 1.82) is 0 Å². The topological polar surface area (TPSA) is 75.5 Å². The lowest BCUT2D eigenvalue weighted by Gasteiger charge is -2.33. The molecule has 3 rings (SSSR count). The summed E-state index contributed by atoms with van der Waals surface area (Å²) in [5, 5.41) is 14.6. The van der Waals surface area contributed by atoms with Crippen LogP contribution in [0.3, 0.4) is 0 Å². The van der Waals surface area contributed by atoms with Crippen LogP contribution in [0.2, 0.25) is 0 Å². The highest BCUT2D eigenvalue weighted by molar-refractivity contribution is 5.99. The van der Waals surface area contributed by atoms with Gasteiger partial charge in [-0.3, -0.25) is 14.9 Å². The van der Waals surface area contributed by atoms with Gasteiger partial charge in [-0.2, -0.15) is 0 Å². The number of piperidine rings is 1. The quantitative estimate of drug-likeness (QED) is 0.671. The number of likely N-dealkylation sites (tertiary alicyclic amines) is 1. The number of nitrogens with zero attached hydrogens (tertiary/aromatic N) is 2. The molecule has 1 N–H and O–H groups in total. The fourth-order valence-electron chi connectivity index (χ4n) is 3.71. The van der Waals surface area contributed by atoms with Crippen molar-refractivity contribution >= 4 is 11.6 Å². The normalized spacial score (nSPS) is 20.3. The highest BCUT2D eigenvalue weighted by Crippen LogP contribution is 2.39. The van der Waals surface area contributed by atoms with E-state index in [0.29, 0.717) is 12.1 Å². The van der Waals surface area contributed by atoms with Crippen LogP contribution in [0, 0.1) is 22.5 Å². The smallest absolute Gasteiger partial charge is 0.282 e. The minimum Gasteiger partial charge on any atom is -0.338 e. The molecule has 0 atom stereocenters. The molecule has 1 aromatic rings. The highest BCUT2D eigenvalue weighted by Gasteiger charge is 2.41. The summed E-state index contributed by atoms with van der Waals surface area (Å²) in [5.74, 6) is -0.194. The van der Waals surface area contributed by atoms with Crippen LogP contribution in [0.4, 0.5) is 5.69 Å². The molecule has 2 aliphatic heterocycles. The second-order valence-corrected chi connectivity index (χ2v) is 6.45. The third-order valence-electron chi connectivity index (χ3n) is 5.05. The number of nitro benzene ring substituents is 1. The van der Waals surface area contributed by atoms with E-state index in [1.54, 1.807) is 24.0 Å². The van der Waals surface area contributed by atoms with Gasteiger partial charge in [0.2, 0.25) is 0 Å². The molecular weight excluding hydrogens is 282 g/mol. The average Bonchev–Trinajstić information content (AvgIpc) is 2.90. The number of nitro groups is 1. The molecule has 0 radical (unpaired) electrons. The summed E-state index contributed by atoms with van der Waals surface area (Å²) >= 11 is 0. The summed E-state index contributed by atoms with van der Waals surface area (Å²) < 4.78 is 0. The van der Waals surface area contributed by atoms with E-state index >= 15 is 0 Å².